The number of aromatic nitrogens is 3. The summed E-state index contributed by atoms with van der Waals surface area (Å²) in [6.07, 6.45) is 5.38. The predicted molar refractivity (Wildman–Crippen MR) is 60.7 cm³/mol. The van der Waals surface area contributed by atoms with Crippen molar-refractivity contribution in [2.75, 3.05) is 0 Å². The largest absolute Gasteiger partial charge is 0.387 e. The van der Waals surface area contributed by atoms with Gasteiger partial charge in [-0.05, 0) is 30.5 Å². The lowest BCUT2D eigenvalue weighted by atomic mass is 10.1. The Labute approximate surface area is 98.7 Å². The number of hydrogen-bond donors (Lipinski definition) is 1. The van der Waals surface area contributed by atoms with Crippen LogP contribution in [0.15, 0.2) is 30.7 Å². The van der Waals surface area contributed by atoms with Crippen molar-refractivity contribution in [2.45, 2.75) is 18.9 Å². The summed E-state index contributed by atoms with van der Waals surface area (Å²) in [5, 5.41) is 13.9. The minimum absolute atomic E-state index is 0.395. The number of hydrogen-bond acceptors (Lipinski definition) is 3. The molecule has 2 aromatic heterocycles. The average Bonchev–Trinajstić information content (AvgIpc) is 2.73. The lowest BCUT2D eigenvalue weighted by Gasteiger charge is -2.08. The van der Waals surface area contributed by atoms with Crippen LogP contribution in [0.3, 0.4) is 0 Å². The highest BCUT2D eigenvalue weighted by atomic mass is 19.1. The van der Waals surface area contributed by atoms with Gasteiger partial charge in [0.2, 0.25) is 0 Å². The summed E-state index contributed by atoms with van der Waals surface area (Å²) in [7, 11) is 1.85. The molecule has 0 amide bonds. The van der Waals surface area contributed by atoms with Gasteiger partial charge in [-0.3, -0.25) is 9.67 Å². The van der Waals surface area contributed by atoms with Gasteiger partial charge in [0.25, 0.3) is 0 Å². The first-order valence-electron chi connectivity index (χ1n) is 5.42. The smallest absolute Gasteiger partial charge is 0.141 e. The summed E-state index contributed by atoms with van der Waals surface area (Å²) in [5.41, 5.74) is 1.56. The molecule has 0 bridgehead atoms. The monoisotopic (exact) mass is 235 g/mol. The van der Waals surface area contributed by atoms with Gasteiger partial charge in [0.05, 0.1) is 24.2 Å². The summed E-state index contributed by atoms with van der Waals surface area (Å²) < 4.78 is 14.4. The molecule has 1 atom stereocenters. The van der Waals surface area contributed by atoms with Gasteiger partial charge >= 0.3 is 0 Å². The van der Waals surface area contributed by atoms with Crippen LogP contribution in [-0.2, 0) is 13.5 Å². The molecule has 0 spiro atoms. The summed E-state index contributed by atoms with van der Waals surface area (Å²) in [5.74, 6) is -0.395. The molecule has 0 aromatic carbocycles. The van der Waals surface area contributed by atoms with Crippen molar-refractivity contribution in [3.8, 4) is 0 Å². The molecule has 90 valence electrons. The van der Waals surface area contributed by atoms with E-state index in [4.69, 9.17) is 0 Å². The van der Waals surface area contributed by atoms with Gasteiger partial charge in [0.15, 0.2) is 0 Å². The maximum atomic E-state index is 12.6. The molecule has 17 heavy (non-hydrogen) atoms. The van der Waals surface area contributed by atoms with Crippen molar-refractivity contribution in [1.29, 1.82) is 0 Å². The molecule has 2 aromatic rings. The first-order chi connectivity index (χ1) is 8.15. The van der Waals surface area contributed by atoms with Crippen molar-refractivity contribution in [2.24, 2.45) is 7.05 Å². The molecule has 4 nitrogen and oxygen atoms in total. The highest BCUT2D eigenvalue weighted by Crippen LogP contribution is 2.16. The molecule has 0 aliphatic rings. The summed E-state index contributed by atoms with van der Waals surface area (Å²) >= 11 is 0. The van der Waals surface area contributed by atoms with Gasteiger partial charge in [0, 0.05) is 13.2 Å². The SMILES string of the molecule is Cn1cc(CCC(O)c2ccc(F)cn2)cn1. The maximum absolute atomic E-state index is 12.6. The zero-order valence-electron chi connectivity index (χ0n) is 9.55. The second kappa shape index (κ2) is 5.05. The van der Waals surface area contributed by atoms with E-state index in [9.17, 15) is 9.50 Å². The Morgan fingerprint density at radius 3 is 2.82 bits per heavy atom. The fourth-order valence-corrected chi connectivity index (χ4v) is 1.64. The van der Waals surface area contributed by atoms with Crippen molar-refractivity contribution in [3.63, 3.8) is 0 Å². The zero-order chi connectivity index (χ0) is 12.3. The van der Waals surface area contributed by atoms with Gasteiger partial charge in [-0.1, -0.05) is 0 Å². The third kappa shape index (κ3) is 3.10. The van der Waals surface area contributed by atoms with E-state index in [1.165, 1.54) is 12.1 Å². The summed E-state index contributed by atoms with van der Waals surface area (Å²) in [4.78, 5) is 3.85. The predicted octanol–water partition coefficient (Wildman–Crippen LogP) is 1.62. The van der Waals surface area contributed by atoms with Gasteiger partial charge in [-0.15, -0.1) is 0 Å². The Kier molecular flexibility index (Phi) is 3.49. The van der Waals surface area contributed by atoms with Crippen molar-refractivity contribution in [3.05, 3.63) is 47.8 Å². The lowest BCUT2D eigenvalue weighted by Crippen LogP contribution is -2.02. The van der Waals surface area contributed by atoms with Gasteiger partial charge < -0.3 is 5.11 Å². The van der Waals surface area contributed by atoms with Crippen molar-refractivity contribution in [1.82, 2.24) is 14.8 Å². The van der Waals surface area contributed by atoms with Crippen LogP contribution in [0.25, 0.3) is 0 Å². The molecule has 0 saturated carbocycles. The molecule has 0 fully saturated rings. The lowest BCUT2D eigenvalue weighted by molar-refractivity contribution is 0.163. The Bertz CT molecular complexity index is 481. The number of aliphatic hydroxyl groups is 1. The quantitative estimate of drug-likeness (QED) is 0.876. The van der Waals surface area contributed by atoms with Crippen LogP contribution in [-0.4, -0.2) is 19.9 Å². The average molecular weight is 235 g/mol. The van der Waals surface area contributed by atoms with Crippen LogP contribution in [0.5, 0.6) is 0 Å². The number of rotatable bonds is 4. The molecule has 5 heteroatoms. The third-order valence-corrected chi connectivity index (χ3v) is 2.56. The van der Waals surface area contributed by atoms with E-state index in [2.05, 4.69) is 10.1 Å². The Hall–Kier alpha value is -1.75. The molecular weight excluding hydrogens is 221 g/mol. The minimum atomic E-state index is -0.671. The molecule has 2 heterocycles. The van der Waals surface area contributed by atoms with Gasteiger partial charge in [-0.25, -0.2) is 4.39 Å². The molecule has 1 unspecified atom stereocenters. The molecule has 0 saturated heterocycles. The van der Waals surface area contributed by atoms with Crippen molar-refractivity contribution < 1.29 is 9.50 Å². The van der Waals surface area contributed by atoms with Crippen LogP contribution < -0.4 is 0 Å². The molecule has 0 aliphatic carbocycles. The van der Waals surface area contributed by atoms with Crippen LogP contribution in [0, 0.1) is 5.82 Å². The van der Waals surface area contributed by atoms with E-state index in [0.29, 0.717) is 18.5 Å². The van der Waals surface area contributed by atoms with E-state index in [0.717, 1.165) is 11.8 Å². The fourth-order valence-electron chi connectivity index (χ4n) is 1.64. The van der Waals surface area contributed by atoms with Gasteiger partial charge in [0.1, 0.15) is 5.82 Å². The molecule has 0 aliphatic heterocycles. The Morgan fingerprint density at radius 2 is 2.24 bits per heavy atom. The molecule has 2 rings (SSSR count). The van der Waals surface area contributed by atoms with Crippen LogP contribution in [0.2, 0.25) is 0 Å². The Morgan fingerprint density at radius 1 is 1.41 bits per heavy atom. The van der Waals surface area contributed by atoms with Crippen LogP contribution in [0.1, 0.15) is 23.8 Å². The molecule has 0 radical (unpaired) electrons. The van der Waals surface area contributed by atoms with Gasteiger partial charge in [-0.2, -0.15) is 5.10 Å². The highest BCUT2D eigenvalue weighted by Gasteiger charge is 2.09. The zero-order valence-corrected chi connectivity index (χ0v) is 9.55. The molecular formula is C12H14FN3O. The number of aryl methyl sites for hydroxylation is 2. The van der Waals surface area contributed by atoms with Crippen molar-refractivity contribution >= 4 is 0 Å². The minimum Gasteiger partial charge on any atom is -0.387 e. The van der Waals surface area contributed by atoms with E-state index >= 15 is 0 Å². The molecule has 1 N–H and O–H groups in total. The second-order valence-electron chi connectivity index (χ2n) is 3.98. The van der Waals surface area contributed by atoms with Crippen LogP contribution >= 0.6 is 0 Å². The number of nitrogens with zero attached hydrogens (tertiary/aromatic N) is 3. The standard InChI is InChI=1S/C12H14FN3O/c1-16-8-9(6-15-16)2-5-12(17)11-4-3-10(13)7-14-11/h3-4,6-8,12,17H,2,5H2,1H3. The number of halogens is 1. The normalized spacial score (nSPS) is 12.6. The fraction of sp³-hybridized carbons (Fsp3) is 0.333. The number of aliphatic hydroxyl groups excluding tert-OH is 1. The second-order valence-corrected chi connectivity index (χ2v) is 3.98. The summed E-state index contributed by atoms with van der Waals surface area (Å²) in [6.45, 7) is 0. The van der Waals surface area contributed by atoms with E-state index in [1.54, 1.807) is 10.9 Å². The highest BCUT2D eigenvalue weighted by molar-refractivity contribution is 5.10. The van der Waals surface area contributed by atoms with E-state index < -0.39 is 11.9 Å². The first-order valence-corrected chi connectivity index (χ1v) is 5.42. The number of pyridine rings is 1. The van der Waals surface area contributed by atoms with Crippen LogP contribution in [0.4, 0.5) is 4.39 Å². The maximum Gasteiger partial charge on any atom is 0.141 e. The van der Waals surface area contributed by atoms with E-state index in [1.807, 2.05) is 13.2 Å². The Balaban J connectivity index is 1.93. The third-order valence-electron chi connectivity index (χ3n) is 2.56. The summed E-state index contributed by atoms with van der Waals surface area (Å²) in [6, 6.07) is 2.80. The van der Waals surface area contributed by atoms with E-state index in [-0.39, 0.29) is 0 Å². The first kappa shape index (κ1) is 11.7. The topological polar surface area (TPSA) is 50.9 Å².